The third-order valence-electron chi connectivity index (χ3n) is 6.98. The van der Waals surface area contributed by atoms with Crippen LogP contribution < -0.4 is 14.4 Å². The molecule has 0 saturated heterocycles. The number of hydrogen-bond acceptors (Lipinski definition) is 4. The second kappa shape index (κ2) is 8.54. The Morgan fingerprint density at radius 3 is 2.48 bits per heavy atom. The minimum Gasteiger partial charge on any atom is -0.497 e. The number of ether oxygens (including phenoxy) is 1. The van der Waals surface area contributed by atoms with Crippen molar-refractivity contribution in [2.75, 3.05) is 18.5 Å². The quantitative estimate of drug-likeness (QED) is 0.701. The number of anilines is 1. The van der Waals surface area contributed by atoms with Crippen LogP contribution >= 0.6 is 0 Å². The number of fused-ring (bicyclic) bond motifs is 2. The van der Waals surface area contributed by atoms with Crippen LogP contribution in [0.5, 0.6) is 5.75 Å². The minimum atomic E-state index is -3.81. The lowest BCUT2D eigenvalue weighted by molar-refractivity contribution is 0.0915. The highest BCUT2D eigenvalue weighted by atomic mass is 32.2. The van der Waals surface area contributed by atoms with Gasteiger partial charge < -0.3 is 10.1 Å². The fraction of sp³-hybridized carbons (Fsp3) is 0.458. The third-order valence-corrected chi connectivity index (χ3v) is 8.77. The number of rotatable bonds is 7. The average Bonchev–Trinajstić information content (AvgIpc) is 3.42. The van der Waals surface area contributed by atoms with Crippen molar-refractivity contribution >= 4 is 21.6 Å². The van der Waals surface area contributed by atoms with E-state index < -0.39 is 10.0 Å². The van der Waals surface area contributed by atoms with E-state index in [4.69, 9.17) is 4.74 Å². The van der Waals surface area contributed by atoms with Gasteiger partial charge in [0.15, 0.2) is 0 Å². The highest BCUT2D eigenvalue weighted by Gasteiger charge is 2.42. The Labute approximate surface area is 184 Å². The first-order valence-electron chi connectivity index (χ1n) is 10.8. The van der Waals surface area contributed by atoms with Gasteiger partial charge in [-0.15, -0.1) is 0 Å². The smallest absolute Gasteiger partial charge is 0.264 e. The molecule has 6 nitrogen and oxygen atoms in total. The zero-order valence-electron chi connectivity index (χ0n) is 18.2. The van der Waals surface area contributed by atoms with E-state index in [0.717, 1.165) is 5.92 Å². The maximum absolute atomic E-state index is 13.1. The molecule has 7 heteroatoms. The van der Waals surface area contributed by atoms with E-state index >= 15 is 0 Å². The summed E-state index contributed by atoms with van der Waals surface area (Å²) in [6.45, 7) is 2.07. The van der Waals surface area contributed by atoms with Crippen LogP contribution in [0.4, 0.5) is 5.69 Å². The summed E-state index contributed by atoms with van der Waals surface area (Å²) in [6.07, 6.45) is 5.06. The Morgan fingerprint density at radius 2 is 1.87 bits per heavy atom. The molecule has 0 radical (unpaired) electrons. The fourth-order valence-corrected chi connectivity index (χ4v) is 6.43. The lowest BCUT2D eigenvalue weighted by Gasteiger charge is -2.28. The zero-order valence-corrected chi connectivity index (χ0v) is 19.1. The van der Waals surface area contributed by atoms with Crippen molar-refractivity contribution in [1.29, 1.82) is 0 Å². The van der Waals surface area contributed by atoms with Crippen LogP contribution in [-0.4, -0.2) is 34.5 Å². The number of hydrogen-bond donors (Lipinski definition) is 1. The summed E-state index contributed by atoms with van der Waals surface area (Å²) in [5.74, 6) is 2.48. The van der Waals surface area contributed by atoms with Gasteiger partial charge in [-0.05, 0) is 86.4 Å². The number of amides is 1. The predicted octanol–water partition coefficient (Wildman–Crippen LogP) is 4.07. The van der Waals surface area contributed by atoms with Gasteiger partial charge in [-0.25, -0.2) is 8.42 Å². The highest BCUT2D eigenvalue weighted by Crippen LogP contribution is 2.49. The largest absolute Gasteiger partial charge is 0.497 e. The van der Waals surface area contributed by atoms with Gasteiger partial charge in [-0.3, -0.25) is 9.10 Å². The van der Waals surface area contributed by atoms with Gasteiger partial charge in [0, 0.05) is 18.7 Å². The Balaban J connectivity index is 1.49. The van der Waals surface area contributed by atoms with Crippen LogP contribution in [0.2, 0.25) is 0 Å². The molecule has 1 N–H and O–H groups in total. The van der Waals surface area contributed by atoms with Gasteiger partial charge in [0.05, 0.1) is 17.7 Å². The summed E-state index contributed by atoms with van der Waals surface area (Å²) < 4.78 is 32.6. The highest BCUT2D eigenvalue weighted by molar-refractivity contribution is 7.92. The van der Waals surface area contributed by atoms with Gasteiger partial charge in [-0.1, -0.05) is 12.5 Å². The summed E-state index contributed by atoms with van der Waals surface area (Å²) >= 11 is 0. The molecule has 2 fully saturated rings. The fourth-order valence-electron chi connectivity index (χ4n) is 5.19. The van der Waals surface area contributed by atoms with Crippen molar-refractivity contribution in [3.8, 4) is 5.75 Å². The average molecular weight is 443 g/mol. The molecule has 2 aromatic carbocycles. The lowest BCUT2D eigenvalue weighted by Crippen LogP contribution is -2.40. The topological polar surface area (TPSA) is 75.7 Å². The molecular formula is C24H30N2O4S. The Hall–Kier alpha value is -2.54. The van der Waals surface area contributed by atoms with Crippen molar-refractivity contribution in [3.05, 3.63) is 54.1 Å². The standard InChI is InChI=1S/C24H30N2O4S/c1-16(23-14-17-7-8-18(23)13-17)25-24(27)19-5-4-6-22(15-19)31(28,29)26(2)20-9-11-21(30-3)12-10-20/h4-6,9-12,15-18,23H,7-8,13-14H2,1-3H3,(H,25,27). The first-order chi connectivity index (χ1) is 14.8. The van der Waals surface area contributed by atoms with E-state index in [2.05, 4.69) is 12.2 Å². The number of benzene rings is 2. The van der Waals surface area contributed by atoms with Crippen molar-refractivity contribution < 1.29 is 17.9 Å². The van der Waals surface area contributed by atoms with E-state index in [1.807, 2.05) is 0 Å². The van der Waals surface area contributed by atoms with Crippen LogP contribution in [0, 0.1) is 17.8 Å². The number of methoxy groups -OCH3 is 1. The molecule has 2 aliphatic rings. The van der Waals surface area contributed by atoms with Crippen LogP contribution in [0.15, 0.2) is 53.4 Å². The van der Waals surface area contributed by atoms with Gasteiger partial charge in [-0.2, -0.15) is 0 Å². The van der Waals surface area contributed by atoms with Crippen molar-refractivity contribution in [2.24, 2.45) is 17.8 Å². The number of carbonyl (C=O) groups excluding carboxylic acids is 1. The number of carbonyl (C=O) groups is 1. The first-order valence-corrected chi connectivity index (χ1v) is 12.3. The Bertz CT molecular complexity index is 1050. The molecule has 2 aliphatic carbocycles. The second-order valence-corrected chi connectivity index (χ2v) is 10.8. The van der Waals surface area contributed by atoms with Crippen molar-refractivity contribution in [2.45, 2.75) is 43.5 Å². The van der Waals surface area contributed by atoms with Gasteiger partial charge in [0.2, 0.25) is 0 Å². The molecule has 2 bridgehead atoms. The molecule has 0 spiro atoms. The summed E-state index contributed by atoms with van der Waals surface area (Å²) in [4.78, 5) is 13.0. The van der Waals surface area contributed by atoms with Crippen LogP contribution in [0.1, 0.15) is 43.0 Å². The van der Waals surface area contributed by atoms with E-state index in [0.29, 0.717) is 28.8 Å². The SMILES string of the molecule is COc1ccc(N(C)S(=O)(=O)c2cccc(C(=O)NC(C)C3CC4CCC3C4)c2)cc1. The van der Waals surface area contributed by atoms with Crippen LogP contribution in [0.3, 0.4) is 0 Å². The molecule has 0 aromatic heterocycles. The third kappa shape index (κ3) is 4.28. The molecule has 0 aliphatic heterocycles. The van der Waals surface area contributed by atoms with Gasteiger partial charge in [0.25, 0.3) is 15.9 Å². The molecule has 4 unspecified atom stereocenters. The Morgan fingerprint density at radius 1 is 1.13 bits per heavy atom. The molecule has 2 aromatic rings. The molecular weight excluding hydrogens is 412 g/mol. The van der Waals surface area contributed by atoms with Crippen LogP contribution in [-0.2, 0) is 10.0 Å². The predicted molar refractivity (Wildman–Crippen MR) is 121 cm³/mol. The molecule has 31 heavy (non-hydrogen) atoms. The van der Waals surface area contributed by atoms with Crippen molar-refractivity contribution in [3.63, 3.8) is 0 Å². The van der Waals surface area contributed by atoms with Gasteiger partial charge >= 0.3 is 0 Å². The molecule has 0 heterocycles. The van der Waals surface area contributed by atoms with Crippen molar-refractivity contribution in [1.82, 2.24) is 5.32 Å². The normalized spacial score (nSPS) is 23.4. The van der Waals surface area contributed by atoms with Crippen LogP contribution in [0.25, 0.3) is 0 Å². The summed E-state index contributed by atoms with van der Waals surface area (Å²) in [5.41, 5.74) is 0.875. The number of sulfonamides is 1. The van der Waals surface area contributed by atoms with E-state index in [1.54, 1.807) is 43.5 Å². The molecule has 4 atom stereocenters. The summed E-state index contributed by atoms with van der Waals surface area (Å²) in [6, 6.07) is 13.1. The molecule has 166 valence electrons. The molecule has 2 saturated carbocycles. The first kappa shape index (κ1) is 21.7. The molecule has 4 rings (SSSR count). The summed E-state index contributed by atoms with van der Waals surface area (Å²) in [7, 11) is -0.745. The van der Waals surface area contributed by atoms with E-state index in [1.165, 1.54) is 49.2 Å². The monoisotopic (exact) mass is 442 g/mol. The maximum atomic E-state index is 13.1. The zero-order chi connectivity index (χ0) is 22.2. The Kier molecular flexibility index (Phi) is 5.97. The number of nitrogens with zero attached hydrogens (tertiary/aromatic N) is 1. The minimum absolute atomic E-state index is 0.0880. The van der Waals surface area contributed by atoms with E-state index in [-0.39, 0.29) is 16.8 Å². The van der Waals surface area contributed by atoms with Gasteiger partial charge in [0.1, 0.15) is 5.75 Å². The lowest BCUT2D eigenvalue weighted by atomic mass is 9.84. The second-order valence-electron chi connectivity index (χ2n) is 8.80. The maximum Gasteiger partial charge on any atom is 0.264 e. The summed E-state index contributed by atoms with van der Waals surface area (Å²) in [5, 5.41) is 3.11. The van der Waals surface area contributed by atoms with E-state index in [9.17, 15) is 13.2 Å². The number of nitrogens with one attached hydrogen (secondary N) is 1. The molecule has 1 amide bonds.